The highest BCUT2D eigenvalue weighted by Gasteiger charge is 2.30. The van der Waals surface area contributed by atoms with Crippen LogP contribution < -0.4 is 5.73 Å². The molecular weight excluding hydrogens is 246 g/mol. The van der Waals surface area contributed by atoms with Gasteiger partial charge in [0.2, 0.25) is 0 Å². The lowest BCUT2D eigenvalue weighted by Crippen LogP contribution is -2.20. The molecule has 2 heterocycles. The highest BCUT2D eigenvalue weighted by molar-refractivity contribution is 5.30. The van der Waals surface area contributed by atoms with Crippen LogP contribution in [0.3, 0.4) is 0 Å². The Morgan fingerprint density at radius 1 is 1.20 bits per heavy atom. The van der Waals surface area contributed by atoms with Crippen LogP contribution in [0.1, 0.15) is 35.9 Å². The van der Waals surface area contributed by atoms with Gasteiger partial charge >= 0.3 is 0 Å². The van der Waals surface area contributed by atoms with Gasteiger partial charge in [-0.05, 0) is 63.0 Å². The first-order chi connectivity index (χ1) is 9.67. The third-order valence-electron chi connectivity index (χ3n) is 5.13. The van der Waals surface area contributed by atoms with Crippen molar-refractivity contribution < 1.29 is 0 Å². The van der Waals surface area contributed by atoms with Crippen molar-refractivity contribution in [1.29, 1.82) is 0 Å². The minimum Gasteiger partial charge on any atom is -0.330 e. The molecule has 0 spiro atoms. The monoisotopic (exact) mass is 273 g/mol. The molecule has 20 heavy (non-hydrogen) atoms. The molecule has 2 N–H and O–H groups in total. The van der Waals surface area contributed by atoms with E-state index >= 15 is 0 Å². The molecule has 3 nitrogen and oxygen atoms in total. The normalized spacial score (nSPS) is 32.0. The van der Waals surface area contributed by atoms with E-state index in [1.165, 1.54) is 37.1 Å². The summed E-state index contributed by atoms with van der Waals surface area (Å²) in [5.41, 5.74) is 8.86. The molecular formula is C17H27N3. The molecule has 0 aromatic heterocycles. The Morgan fingerprint density at radius 3 is 2.65 bits per heavy atom. The molecule has 0 saturated carbocycles. The van der Waals surface area contributed by atoms with E-state index in [1.54, 1.807) is 0 Å². The van der Waals surface area contributed by atoms with Crippen molar-refractivity contribution in [2.75, 3.05) is 40.3 Å². The molecule has 3 atom stereocenters. The summed E-state index contributed by atoms with van der Waals surface area (Å²) in [5.74, 6) is 1.38. The summed E-state index contributed by atoms with van der Waals surface area (Å²) in [5, 5.41) is 0. The van der Waals surface area contributed by atoms with Gasteiger partial charge in [-0.1, -0.05) is 24.3 Å². The number of likely N-dealkylation sites (tertiary alicyclic amines) is 2. The van der Waals surface area contributed by atoms with Gasteiger partial charge in [0, 0.05) is 19.1 Å². The molecule has 110 valence electrons. The largest absolute Gasteiger partial charge is 0.330 e. The van der Waals surface area contributed by atoms with Crippen molar-refractivity contribution in [1.82, 2.24) is 9.80 Å². The first-order valence-electron chi connectivity index (χ1n) is 7.86. The third kappa shape index (κ3) is 2.76. The summed E-state index contributed by atoms with van der Waals surface area (Å²) in [6.07, 6.45) is 2.51. The zero-order valence-electron chi connectivity index (χ0n) is 12.8. The first-order valence-corrected chi connectivity index (χ1v) is 7.86. The van der Waals surface area contributed by atoms with E-state index in [-0.39, 0.29) is 0 Å². The van der Waals surface area contributed by atoms with Crippen LogP contribution in [-0.2, 0) is 0 Å². The van der Waals surface area contributed by atoms with Crippen molar-refractivity contribution in [3.8, 4) is 0 Å². The second kappa shape index (κ2) is 5.84. The van der Waals surface area contributed by atoms with Crippen LogP contribution in [0.5, 0.6) is 0 Å². The predicted molar refractivity (Wildman–Crippen MR) is 83.8 cm³/mol. The summed E-state index contributed by atoms with van der Waals surface area (Å²) in [6, 6.07) is 9.85. The maximum Gasteiger partial charge on any atom is 0.0348 e. The van der Waals surface area contributed by atoms with E-state index in [9.17, 15) is 0 Å². The summed E-state index contributed by atoms with van der Waals surface area (Å²) in [4.78, 5) is 4.90. The average molecular weight is 273 g/mol. The minimum absolute atomic E-state index is 0.558. The van der Waals surface area contributed by atoms with E-state index in [4.69, 9.17) is 5.73 Å². The summed E-state index contributed by atoms with van der Waals surface area (Å²) < 4.78 is 0. The van der Waals surface area contributed by atoms with Crippen molar-refractivity contribution >= 4 is 0 Å². The Morgan fingerprint density at radius 2 is 2.00 bits per heavy atom. The lowest BCUT2D eigenvalue weighted by molar-refractivity contribution is 0.313. The number of nitrogens with zero attached hydrogens (tertiary/aromatic N) is 2. The molecule has 3 rings (SSSR count). The Balaban J connectivity index is 1.77. The van der Waals surface area contributed by atoms with E-state index in [0.29, 0.717) is 12.0 Å². The fourth-order valence-electron chi connectivity index (χ4n) is 3.89. The topological polar surface area (TPSA) is 32.5 Å². The van der Waals surface area contributed by atoms with E-state index < -0.39 is 0 Å². The molecule has 2 fully saturated rings. The Hall–Kier alpha value is -0.900. The molecule has 0 radical (unpaired) electrons. The van der Waals surface area contributed by atoms with E-state index in [2.05, 4.69) is 48.2 Å². The molecule has 2 saturated heterocycles. The van der Waals surface area contributed by atoms with Crippen LogP contribution in [0.2, 0.25) is 0 Å². The number of benzene rings is 1. The van der Waals surface area contributed by atoms with Gasteiger partial charge in [-0.2, -0.15) is 0 Å². The average Bonchev–Trinajstić information content (AvgIpc) is 3.05. The van der Waals surface area contributed by atoms with Crippen LogP contribution in [0, 0.1) is 5.92 Å². The molecule has 3 unspecified atom stereocenters. The molecule has 1 aromatic carbocycles. The first kappa shape index (κ1) is 14.1. The van der Waals surface area contributed by atoms with Gasteiger partial charge < -0.3 is 10.6 Å². The number of hydrogen-bond acceptors (Lipinski definition) is 3. The Kier molecular flexibility index (Phi) is 4.11. The van der Waals surface area contributed by atoms with Crippen molar-refractivity contribution in [3.05, 3.63) is 35.4 Å². The molecule has 2 aliphatic rings. The van der Waals surface area contributed by atoms with Gasteiger partial charge in [-0.15, -0.1) is 0 Å². The smallest absolute Gasteiger partial charge is 0.0348 e. The zero-order valence-corrected chi connectivity index (χ0v) is 12.8. The molecule has 0 bridgehead atoms. The van der Waals surface area contributed by atoms with Gasteiger partial charge in [0.05, 0.1) is 0 Å². The molecule has 0 amide bonds. The zero-order chi connectivity index (χ0) is 14.1. The second-order valence-corrected chi connectivity index (χ2v) is 6.71. The maximum absolute atomic E-state index is 5.85. The summed E-state index contributed by atoms with van der Waals surface area (Å²) >= 11 is 0. The van der Waals surface area contributed by atoms with Crippen LogP contribution in [-0.4, -0.2) is 50.1 Å². The van der Waals surface area contributed by atoms with Crippen LogP contribution in [0.25, 0.3) is 0 Å². The maximum atomic E-state index is 5.85. The van der Waals surface area contributed by atoms with Crippen LogP contribution in [0.15, 0.2) is 24.3 Å². The summed E-state index contributed by atoms with van der Waals surface area (Å²) in [6.45, 7) is 4.38. The lowest BCUT2D eigenvalue weighted by atomic mass is 9.93. The van der Waals surface area contributed by atoms with Crippen molar-refractivity contribution in [3.63, 3.8) is 0 Å². The van der Waals surface area contributed by atoms with E-state index in [0.717, 1.165) is 19.0 Å². The molecule has 0 aliphatic carbocycles. The quantitative estimate of drug-likeness (QED) is 0.915. The van der Waals surface area contributed by atoms with Gasteiger partial charge in [-0.25, -0.2) is 0 Å². The van der Waals surface area contributed by atoms with E-state index in [1.807, 2.05) is 0 Å². The number of likely N-dealkylation sites (N-methyl/N-ethyl adjacent to an activating group) is 1. The Bertz CT molecular complexity index is 459. The fraction of sp³-hybridized carbons (Fsp3) is 0.647. The number of nitrogens with two attached hydrogens (primary N) is 1. The SMILES string of the molecule is CN1CCC(c2cccc(C3CC(CN)CN3C)c2)C1. The van der Waals surface area contributed by atoms with Crippen LogP contribution in [0.4, 0.5) is 0 Å². The highest BCUT2D eigenvalue weighted by Crippen LogP contribution is 2.35. The molecule has 1 aromatic rings. The highest BCUT2D eigenvalue weighted by atomic mass is 15.2. The standard InChI is InChI=1S/C17H27N3/c1-19-7-6-16(12-19)14-4-3-5-15(9-14)17-8-13(10-18)11-20(17)2/h3-5,9,13,16-17H,6-8,10-12,18H2,1-2H3. The van der Waals surface area contributed by atoms with Crippen molar-refractivity contribution in [2.24, 2.45) is 11.7 Å². The number of hydrogen-bond donors (Lipinski definition) is 1. The van der Waals surface area contributed by atoms with Gasteiger partial charge in [0.1, 0.15) is 0 Å². The van der Waals surface area contributed by atoms with Crippen molar-refractivity contribution in [2.45, 2.75) is 24.8 Å². The minimum atomic E-state index is 0.558. The summed E-state index contributed by atoms with van der Waals surface area (Å²) in [7, 11) is 4.46. The third-order valence-corrected chi connectivity index (χ3v) is 5.13. The number of rotatable bonds is 3. The lowest BCUT2D eigenvalue weighted by Gasteiger charge is -2.21. The van der Waals surface area contributed by atoms with Gasteiger partial charge in [0.25, 0.3) is 0 Å². The fourth-order valence-corrected chi connectivity index (χ4v) is 3.89. The molecule has 2 aliphatic heterocycles. The van der Waals surface area contributed by atoms with Crippen LogP contribution >= 0.6 is 0 Å². The molecule has 3 heteroatoms. The second-order valence-electron chi connectivity index (χ2n) is 6.71. The van der Waals surface area contributed by atoms with Gasteiger partial charge in [0.15, 0.2) is 0 Å². The Labute approximate surface area is 122 Å². The predicted octanol–water partition coefficient (Wildman–Crippen LogP) is 2.06. The van der Waals surface area contributed by atoms with Gasteiger partial charge in [-0.3, -0.25) is 4.90 Å².